The molecule has 0 aliphatic carbocycles. The third kappa shape index (κ3) is 2.90. The number of nitrogens with one attached hydrogen (secondary N) is 1. The first-order valence-corrected chi connectivity index (χ1v) is 4.92. The molecular formula is C9H19NO4. The van der Waals surface area contributed by atoms with Gasteiger partial charge in [0.15, 0.2) is 6.29 Å². The predicted molar refractivity (Wildman–Crippen MR) is 50.6 cm³/mol. The zero-order valence-corrected chi connectivity index (χ0v) is 8.55. The highest BCUT2D eigenvalue weighted by Crippen LogP contribution is 2.18. The lowest BCUT2D eigenvalue weighted by molar-refractivity contribution is -0.126. The van der Waals surface area contributed by atoms with E-state index in [1.807, 2.05) is 0 Å². The molecule has 1 heterocycles. The molecule has 5 heteroatoms. The number of rotatable bonds is 4. The van der Waals surface area contributed by atoms with Crippen LogP contribution < -0.4 is 5.32 Å². The number of hydrogen-bond acceptors (Lipinski definition) is 5. The molecule has 1 saturated heterocycles. The van der Waals surface area contributed by atoms with Crippen molar-refractivity contribution in [3.63, 3.8) is 0 Å². The van der Waals surface area contributed by atoms with Crippen molar-refractivity contribution in [2.24, 2.45) is 5.92 Å². The molecule has 0 amide bonds. The van der Waals surface area contributed by atoms with E-state index < -0.39 is 24.6 Å². The summed E-state index contributed by atoms with van der Waals surface area (Å²) in [4.78, 5) is 0. The first-order valence-electron chi connectivity index (χ1n) is 4.92. The minimum Gasteiger partial charge on any atom is -0.387 e. The van der Waals surface area contributed by atoms with E-state index in [1.165, 1.54) is 0 Å². The average molecular weight is 205 g/mol. The Hall–Kier alpha value is -0.200. The predicted octanol–water partition coefficient (Wildman–Crippen LogP) is -1.33. The van der Waals surface area contributed by atoms with E-state index in [0.29, 0.717) is 12.5 Å². The van der Waals surface area contributed by atoms with E-state index in [-0.39, 0.29) is 0 Å². The van der Waals surface area contributed by atoms with Crippen molar-refractivity contribution in [2.75, 3.05) is 13.1 Å². The highest BCUT2D eigenvalue weighted by molar-refractivity contribution is 4.86. The summed E-state index contributed by atoms with van der Waals surface area (Å²) in [5.41, 5.74) is 0. The molecule has 14 heavy (non-hydrogen) atoms. The van der Waals surface area contributed by atoms with Crippen LogP contribution in [0.1, 0.15) is 13.8 Å². The molecule has 0 bridgehead atoms. The Morgan fingerprint density at radius 1 is 1.21 bits per heavy atom. The maximum absolute atomic E-state index is 9.42. The van der Waals surface area contributed by atoms with Crippen LogP contribution in [0.25, 0.3) is 0 Å². The van der Waals surface area contributed by atoms with Crippen LogP contribution >= 0.6 is 0 Å². The van der Waals surface area contributed by atoms with Gasteiger partial charge < -0.3 is 25.4 Å². The topological polar surface area (TPSA) is 82.0 Å². The summed E-state index contributed by atoms with van der Waals surface area (Å²) in [6.45, 7) is 5.40. The summed E-state index contributed by atoms with van der Waals surface area (Å²) in [5, 5.41) is 30.8. The molecular weight excluding hydrogens is 186 g/mol. The Morgan fingerprint density at radius 3 is 2.29 bits per heavy atom. The molecule has 1 fully saturated rings. The molecule has 0 unspecified atom stereocenters. The van der Waals surface area contributed by atoms with Gasteiger partial charge in [-0.2, -0.15) is 0 Å². The average Bonchev–Trinajstić information content (AvgIpc) is 2.33. The summed E-state index contributed by atoms with van der Waals surface area (Å²) < 4.78 is 4.96. The van der Waals surface area contributed by atoms with Crippen molar-refractivity contribution in [1.82, 2.24) is 5.32 Å². The van der Waals surface area contributed by atoms with Gasteiger partial charge in [0.1, 0.15) is 18.3 Å². The standard InChI is InChI=1S/C9H19NO4/c1-5(2)3-10-4-6-7(11)8(12)9(13)14-6/h5-13H,3-4H2,1-2H3/t6-,7+,8+,9+/m1/s1. The van der Waals surface area contributed by atoms with E-state index in [9.17, 15) is 10.2 Å². The Labute approximate surface area is 83.7 Å². The van der Waals surface area contributed by atoms with Gasteiger partial charge in [-0.1, -0.05) is 13.8 Å². The molecule has 0 radical (unpaired) electrons. The van der Waals surface area contributed by atoms with Gasteiger partial charge in [-0.05, 0) is 12.5 Å². The maximum atomic E-state index is 9.42. The zero-order valence-electron chi connectivity index (χ0n) is 8.55. The highest BCUT2D eigenvalue weighted by Gasteiger charge is 2.41. The SMILES string of the molecule is CC(C)CNC[C@H]1O[C@H](O)[C@@H](O)[C@H]1O. The van der Waals surface area contributed by atoms with E-state index >= 15 is 0 Å². The molecule has 0 aromatic carbocycles. The van der Waals surface area contributed by atoms with Crippen LogP contribution in [0.15, 0.2) is 0 Å². The first kappa shape index (κ1) is 11.9. The van der Waals surface area contributed by atoms with E-state index in [1.54, 1.807) is 0 Å². The van der Waals surface area contributed by atoms with Gasteiger partial charge in [0.25, 0.3) is 0 Å². The molecule has 1 rings (SSSR count). The van der Waals surface area contributed by atoms with Crippen molar-refractivity contribution in [2.45, 2.75) is 38.4 Å². The maximum Gasteiger partial charge on any atom is 0.184 e. The summed E-state index contributed by atoms with van der Waals surface area (Å²) in [6.07, 6.45) is -4.00. The summed E-state index contributed by atoms with van der Waals surface area (Å²) in [5.74, 6) is 0.517. The van der Waals surface area contributed by atoms with E-state index in [4.69, 9.17) is 9.84 Å². The van der Waals surface area contributed by atoms with Gasteiger partial charge in [0.2, 0.25) is 0 Å². The van der Waals surface area contributed by atoms with Crippen LogP contribution in [-0.2, 0) is 4.74 Å². The molecule has 5 nitrogen and oxygen atoms in total. The van der Waals surface area contributed by atoms with Gasteiger partial charge >= 0.3 is 0 Å². The lowest BCUT2D eigenvalue weighted by atomic mass is 10.1. The van der Waals surface area contributed by atoms with Crippen LogP contribution in [0.2, 0.25) is 0 Å². The minimum absolute atomic E-state index is 0.438. The molecule has 0 aromatic heterocycles. The number of aliphatic hydroxyl groups excluding tert-OH is 3. The Bertz CT molecular complexity index is 176. The first-order chi connectivity index (χ1) is 6.52. The normalized spacial score (nSPS) is 38.1. The lowest BCUT2D eigenvalue weighted by Gasteiger charge is -2.15. The van der Waals surface area contributed by atoms with Gasteiger partial charge in [0, 0.05) is 6.54 Å². The van der Waals surface area contributed by atoms with Gasteiger partial charge in [-0.25, -0.2) is 0 Å². The Balaban J connectivity index is 2.25. The van der Waals surface area contributed by atoms with Crippen molar-refractivity contribution in [3.05, 3.63) is 0 Å². The largest absolute Gasteiger partial charge is 0.387 e. The summed E-state index contributed by atoms with van der Waals surface area (Å²) in [6, 6.07) is 0. The fourth-order valence-electron chi connectivity index (χ4n) is 1.41. The monoisotopic (exact) mass is 205 g/mol. The Kier molecular flexibility index (Phi) is 4.28. The molecule has 0 aromatic rings. The zero-order chi connectivity index (χ0) is 10.7. The smallest absolute Gasteiger partial charge is 0.184 e. The molecule has 1 aliphatic rings. The third-order valence-electron chi connectivity index (χ3n) is 2.24. The van der Waals surface area contributed by atoms with E-state index in [2.05, 4.69) is 19.2 Å². The Morgan fingerprint density at radius 2 is 1.86 bits per heavy atom. The second kappa shape index (κ2) is 5.04. The van der Waals surface area contributed by atoms with Crippen LogP contribution in [0.3, 0.4) is 0 Å². The van der Waals surface area contributed by atoms with Crippen LogP contribution in [0.4, 0.5) is 0 Å². The lowest BCUT2D eigenvalue weighted by Crippen LogP contribution is -2.38. The van der Waals surface area contributed by atoms with Crippen molar-refractivity contribution in [3.8, 4) is 0 Å². The van der Waals surface area contributed by atoms with Gasteiger partial charge in [-0.3, -0.25) is 0 Å². The summed E-state index contributed by atoms with van der Waals surface area (Å²) in [7, 11) is 0. The van der Waals surface area contributed by atoms with Crippen molar-refractivity contribution < 1.29 is 20.1 Å². The molecule has 84 valence electrons. The van der Waals surface area contributed by atoms with Crippen molar-refractivity contribution in [1.29, 1.82) is 0 Å². The third-order valence-corrected chi connectivity index (χ3v) is 2.24. The molecule has 0 saturated carbocycles. The molecule has 0 spiro atoms. The minimum atomic E-state index is -1.27. The molecule has 4 atom stereocenters. The highest BCUT2D eigenvalue weighted by atomic mass is 16.6. The van der Waals surface area contributed by atoms with Crippen molar-refractivity contribution >= 4 is 0 Å². The number of aliphatic hydroxyl groups is 3. The quantitative estimate of drug-likeness (QED) is 0.457. The number of hydrogen-bond donors (Lipinski definition) is 4. The van der Waals surface area contributed by atoms with E-state index in [0.717, 1.165) is 6.54 Å². The molecule has 4 N–H and O–H groups in total. The van der Waals surface area contributed by atoms with Gasteiger partial charge in [-0.15, -0.1) is 0 Å². The van der Waals surface area contributed by atoms with Crippen LogP contribution in [0, 0.1) is 5.92 Å². The van der Waals surface area contributed by atoms with Gasteiger partial charge in [0.05, 0.1) is 0 Å². The fraction of sp³-hybridized carbons (Fsp3) is 1.00. The second-order valence-corrected chi connectivity index (χ2v) is 4.10. The number of ether oxygens (including phenoxy) is 1. The van der Waals surface area contributed by atoms with Crippen LogP contribution in [-0.4, -0.2) is 53.0 Å². The second-order valence-electron chi connectivity index (χ2n) is 4.10. The fourth-order valence-corrected chi connectivity index (χ4v) is 1.41. The summed E-state index contributed by atoms with van der Waals surface area (Å²) >= 11 is 0. The van der Waals surface area contributed by atoms with Crippen LogP contribution in [0.5, 0.6) is 0 Å². The molecule has 1 aliphatic heterocycles.